The molecule has 0 aromatic heterocycles. The van der Waals surface area contributed by atoms with Crippen LogP contribution in [0.15, 0.2) is 4.99 Å². The Labute approximate surface area is 95.3 Å². The van der Waals surface area contributed by atoms with Crippen molar-refractivity contribution in [2.75, 3.05) is 12.8 Å². The van der Waals surface area contributed by atoms with Crippen LogP contribution in [-0.4, -0.2) is 36.0 Å². The van der Waals surface area contributed by atoms with E-state index in [9.17, 15) is 4.79 Å². The molecule has 5 heteroatoms. The number of carbonyl (C=O) groups is 1. The molecule has 15 heavy (non-hydrogen) atoms. The van der Waals surface area contributed by atoms with Crippen LogP contribution in [0, 0.1) is 0 Å². The van der Waals surface area contributed by atoms with Gasteiger partial charge in [-0.3, -0.25) is 9.79 Å². The van der Waals surface area contributed by atoms with E-state index in [2.05, 4.69) is 22.5 Å². The molecule has 0 radical (unpaired) electrons. The van der Waals surface area contributed by atoms with Gasteiger partial charge in [0.1, 0.15) is 6.04 Å². The van der Waals surface area contributed by atoms with Crippen LogP contribution in [0.3, 0.4) is 0 Å². The van der Waals surface area contributed by atoms with Crippen LogP contribution in [0.2, 0.25) is 0 Å². The largest absolute Gasteiger partial charge is 0.357 e. The Bertz CT molecular complexity index is 255. The highest BCUT2D eigenvalue weighted by Crippen LogP contribution is 2.18. The van der Waals surface area contributed by atoms with Gasteiger partial charge in [0, 0.05) is 12.8 Å². The van der Waals surface area contributed by atoms with E-state index >= 15 is 0 Å². The predicted octanol–water partition coefficient (Wildman–Crippen LogP) is 0.982. The molecule has 0 fully saturated rings. The fourth-order valence-electron chi connectivity index (χ4n) is 1.40. The molecule has 2 atom stereocenters. The lowest BCUT2D eigenvalue weighted by Gasteiger charge is -2.21. The maximum atomic E-state index is 11.3. The van der Waals surface area contributed by atoms with Crippen molar-refractivity contribution in [1.82, 2.24) is 10.6 Å². The molecule has 1 amide bonds. The van der Waals surface area contributed by atoms with Crippen LogP contribution in [0.5, 0.6) is 0 Å². The van der Waals surface area contributed by atoms with Crippen molar-refractivity contribution in [2.24, 2.45) is 4.99 Å². The maximum Gasteiger partial charge on any atom is 0.242 e. The molecule has 2 unspecified atom stereocenters. The summed E-state index contributed by atoms with van der Waals surface area (Å²) in [5.41, 5.74) is 0. The van der Waals surface area contributed by atoms with E-state index in [-0.39, 0.29) is 11.9 Å². The topological polar surface area (TPSA) is 53.5 Å². The standard InChI is InChI=1S/C10H19N3OS/c1-4-8-5-6-15-10(13-8)12-7(2)9(14)11-3/h7-8H,4-6H2,1-3H3,(H,11,14)(H,12,13). The Kier molecular flexibility index (Phi) is 4.94. The van der Waals surface area contributed by atoms with Crippen LogP contribution < -0.4 is 10.6 Å². The predicted molar refractivity (Wildman–Crippen MR) is 65.3 cm³/mol. The summed E-state index contributed by atoms with van der Waals surface area (Å²) in [7, 11) is 1.64. The number of amidine groups is 1. The first kappa shape index (κ1) is 12.4. The van der Waals surface area contributed by atoms with Gasteiger partial charge in [0.2, 0.25) is 5.91 Å². The van der Waals surface area contributed by atoms with E-state index in [4.69, 9.17) is 0 Å². The highest BCUT2D eigenvalue weighted by Gasteiger charge is 2.17. The molecule has 4 nitrogen and oxygen atoms in total. The molecule has 0 saturated carbocycles. The second-order valence-electron chi connectivity index (χ2n) is 3.61. The molecule has 0 aliphatic carbocycles. The number of aliphatic imine (C=N–C) groups is 1. The van der Waals surface area contributed by atoms with Gasteiger partial charge in [-0.1, -0.05) is 18.7 Å². The number of hydrogen-bond donors (Lipinski definition) is 2. The van der Waals surface area contributed by atoms with Crippen LogP contribution >= 0.6 is 11.8 Å². The smallest absolute Gasteiger partial charge is 0.242 e. The van der Waals surface area contributed by atoms with Crippen LogP contribution in [0.1, 0.15) is 26.7 Å². The minimum absolute atomic E-state index is 0.00285. The number of amides is 1. The molecule has 0 aromatic carbocycles. The van der Waals surface area contributed by atoms with Gasteiger partial charge in [-0.15, -0.1) is 0 Å². The summed E-state index contributed by atoms with van der Waals surface area (Å²) < 4.78 is 0. The molecule has 1 aliphatic heterocycles. The van der Waals surface area contributed by atoms with Crippen molar-refractivity contribution in [1.29, 1.82) is 0 Å². The highest BCUT2D eigenvalue weighted by atomic mass is 32.2. The normalized spacial score (nSPS) is 22.9. The summed E-state index contributed by atoms with van der Waals surface area (Å²) >= 11 is 1.70. The minimum atomic E-state index is -0.211. The van der Waals surface area contributed by atoms with Crippen molar-refractivity contribution in [2.45, 2.75) is 38.8 Å². The zero-order valence-electron chi connectivity index (χ0n) is 9.54. The zero-order chi connectivity index (χ0) is 11.3. The van der Waals surface area contributed by atoms with E-state index in [0.29, 0.717) is 6.04 Å². The number of hydrogen-bond acceptors (Lipinski definition) is 4. The maximum absolute atomic E-state index is 11.3. The summed E-state index contributed by atoms with van der Waals surface area (Å²) in [6.45, 7) is 3.99. The van der Waals surface area contributed by atoms with Gasteiger partial charge in [-0.25, -0.2) is 0 Å². The highest BCUT2D eigenvalue weighted by molar-refractivity contribution is 8.13. The first-order valence-corrected chi connectivity index (χ1v) is 6.34. The summed E-state index contributed by atoms with van der Waals surface area (Å²) in [5.74, 6) is 1.09. The second-order valence-corrected chi connectivity index (χ2v) is 4.70. The number of nitrogens with zero attached hydrogens (tertiary/aromatic N) is 1. The Morgan fingerprint density at radius 3 is 3.07 bits per heavy atom. The molecule has 1 heterocycles. The van der Waals surface area contributed by atoms with Crippen LogP contribution in [0.25, 0.3) is 0 Å². The fraction of sp³-hybridized carbons (Fsp3) is 0.800. The van der Waals surface area contributed by atoms with E-state index in [0.717, 1.165) is 23.8 Å². The average molecular weight is 229 g/mol. The van der Waals surface area contributed by atoms with E-state index < -0.39 is 0 Å². The molecular formula is C10H19N3OS. The summed E-state index contributed by atoms with van der Waals surface area (Å²) in [6, 6.07) is 0.211. The lowest BCUT2D eigenvalue weighted by Crippen LogP contribution is -2.43. The SMILES string of the molecule is CCC1CCSC(NC(C)C(=O)NC)=N1. The Balaban J connectivity index is 2.50. The van der Waals surface area contributed by atoms with Gasteiger partial charge in [0.05, 0.1) is 6.04 Å². The third-order valence-electron chi connectivity index (χ3n) is 2.44. The number of carbonyl (C=O) groups excluding carboxylic acids is 1. The molecule has 1 aliphatic rings. The van der Waals surface area contributed by atoms with Gasteiger partial charge in [0.15, 0.2) is 5.17 Å². The minimum Gasteiger partial charge on any atom is -0.357 e. The van der Waals surface area contributed by atoms with E-state index in [1.807, 2.05) is 6.92 Å². The molecule has 0 spiro atoms. The number of nitrogens with one attached hydrogen (secondary N) is 2. The van der Waals surface area contributed by atoms with Gasteiger partial charge < -0.3 is 10.6 Å². The molecule has 0 saturated heterocycles. The molecule has 1 rings (SSSR count). The van der Waals surface area contributed by atoms with Gasteiger partial charge in [-0.05, 0) is 19.8 Å². The zero-order valence-corrected chi connectivity index (χ0v) is 10.4. The lowest BCUT2D eigenvalue weighted by molar-refractivity contribution is -0.121. The van der Waals surface area contributed by atoms with Gasteiger partial charge >= 0.3 is 0 Å². The first-order valence-electron chi connectivity index (χ1n) is 5.36. The van der Waals surface area contributed by atoms with Crippen LogP contribution in [-0.2, 0) is 4.79 Å². The Hall–Kier alpha value is -0.710. The third kappa shape index (κ3) is 3.74. The van der Waals surface area contributed by atoms with Crippen molar-refractivity contribution in [3.8, 4) is 0 Å². The first-order chi connectivity index (χ1) is 7.17. The summed E-state index contributed by atoms with van der Waals surface area (Å²) in [5, 5.41) is 6.66. The molecular weight excluding hydrogens is 210 g/mol. The fourth-order valence-corrected chi connectivity index (χ4v) is 2.47. The van der Waals surface area contributed by atoms with Crippen molar-refractivity contribution < 1.29 is 4.79 Å². The third-order valence-corrected chi connectivity index (χ3v) is 3.38. The monoisotopic (exact) mass is 229 g/mol. The van der Waals surface area contributed by atoms with Crippen LogP contribution in [0.4, 0.5) is 0 Å². The van der Waals surface area contributed by atoms with Gasteiger partial charge in [-0.2, -0.15) is 0 Å². The van der Waals surface area contributed by atoms with Crippen molar-refractivity contribution in [3.05, 3.63) is 0 Å². The molecule has 86 valence electrons. The van der Waals surface area contributed by atoms with E-state index in [1.165, 1.54) is 0 Å². The average Bonchev–Trinajstić information content (AvgIpc) is 2.28. The molecule has 0 bridgehead atoms. The number of thioether (sulfide) groups is 1. The molecule has 2 N–H and O–H groups in total. The second kappa shape index (κ2) is 6.00. The Morgan fingerprint density at radius 2 is 2.47 bits per heavy atom. The summed E-state index contributed by atoms with van der Waals surface area (Å²) in [6.07, 6.45) is 2.21. The quantitative estimate of drug-likeness (QED) is 0.758. The van der Waals surface area contributed by atoms with E-state index in [1.54, 1.807) is 18.8 Å². The van der Waals surface area contributed by atoms with Gasteiger partial charge in [0.25, 0.3) is 0 Å². The Morgan fingerprint density at radius 1 is 1.73 bits per heavy atom. The number of likely N-dealkylation sites (N-methyl/N-ethyl adjacent to an activating group) is 1. The lowest BCUT2D eigenvalue weighted by atomic mass is 10.2. The van der Waals surface area contributed by atoms with Crippen molar-refractivity contribution in [3.63, 3.8) is 0 Å². The number of rotatable bonds is 3. The van der Waals surface area contributed by atoms with Crippen molar-refractivity contribution >= 4 is 22.8 Å². The summed E-state index contributed by atoms with van der Waals surface area (Å²) in [4.78, 5) is 15.8. The molecule has 0 aromatic rings.